The van der Waals surface area contributed by atoms with Crippen LogP contribution in [0.25, 0.3) is 0 Å². The predicted molar refractivity (Wildman–Crippen MR) is 148 cm³/mol. The summed E-state index contributed by atoms with van der Waals surface area (Å²) >= 11 is 0. The van der Waals surface area contributed by atoms with Crippen molar-refractivity contribution >= 4 is 17.6 Å². The summed E-state index contributed by atoms with van der Waals surface area (Å²) in [6.07, 6.45) is 3.50. The summed E-state index contributed by atoms with van der Waals surface area (Å²) in [6, 6.07) is 20.0. The average Bonchev–Trinajstić information content (AvgIpc) is 2.92. The van der Waals surface area contributed by atoms with Crippen molar-refractivity contribution in [2.24, 2.45) is 17.2 Å². The topological polar surface area (TPSA) is 173 Å². The van der Waals surface area contributed by atoms with Crippen molar-refractivity contribution in [1.29, 1.82) is 10.8 Å². The van der Waals surface area contributed by atoms with Crippen LogP contribution in [0.15, 0.2) is 66.7 Å². The maximum Gasteiger partial charge on any atom is 0.255 e. The normalized spacial score (nSPS) is 16.9. The van der Waals surface area contributed by atoms with Crippen molar-refractivity contribution in [2.45, 2.75) is 51.0 Å². The van der Waals surface area contributed by atoms with Gasteiger partial charge in [0.05, 0.1) is 5.56 Å². The standard InChI is InChI=1S/C29H34N6O3/c30-22-9-11-23(12-10-22)35-29(36)25-14-13-24(37-16-18-1-5-20(6-2-18)27(31)32)15-26(25)38-17-19-3-7-21(8-4-19)28(33)34/h1-8,13-15,22-23H,9-12,16-17,30H2,(H3,31,32)(H3,33,34)(H,35,36). The van der Waals surface area contributed by atoms with Crippen LogP contribution < -0.4 is 32.0 Å². The minimum atomic E-state index is -0.196. The molecule has 1 aliphatic carbocycles. The van der Waals surface area contributed by atoms with Gasteiger partial charge in [-0.1, -0.05) is 48.5 Å². The van der Waals surface area contributed by atoms with Gasteiger partial charge >= 0.3 is 0 Å². The van der Waals surface area contributed by atoms with E-state index in [1.54, 1.807) is 42.5 Å². The molecule has 3 aromatic carbocycles. The molecule has 3 aromatic rings. The Bertz CT molecular complexity index is 1280. The van der Waals surface area contributed by atoms with E-state index in [1.807, 2.05) is 24.3 Å². The van der Waals surface area contributed by atoms with E-state index >= 15 is 0 Å². The zero-order valence-electron chi connectivity index (χ0n) is 21.2. The molecule has 1 amide bonds. The summed E-state index contributed by atoms with van der Waals surface area (Å²) in [4.78, 5) is 13.2. The smallest absolute Gasteiger partial charge is 0.255 e. The van der Waals surface area contributed by atoms with E-state index < -0.39 is 0 Å². The van der Waals surface area contributed by atoms with Crippen LogP contribution in [-0.4, -0.2) is 29.7 Å². The highest BCUT2D eigenvalue weighted by Gasteiger charge is 2.22. The minimum absolute atomic E-state index is 0.000813. The summed E-state index contributed by atoms with van der Waals surface area (Å²) in [6.45, 7) is 0.532. The van der Waals surface area contributed by atoms with E-state index in [-0.39, 0.29) is 36.3 Å². The molecule has 1 fully saturated rings. The third-order valence-electron chi connectivity index (χ3n) is 6.63. The van der Waals surface area contributed by atoms with E-state index in [2.05, 4.69) is 5.32 Å². The molecular weight excluding hydrogens is 480 g/mol. The number of hydrogen-bond donors (Lipinski definition) is 6. The number of amides is 1. The average molecular weight is 515 g/mol. The molecule has 0 atom stereocenters. The van der Waals surface area contributed by atoms with Crippen molar-refractivity contribution in [3.63, 3.8) is 0 Å². The zero-order chi connectivity index (χ0) is 27.1. The Morgan fingerprint density at radius 3 is 1.84 bits per heavy atom. The van der Waals surface area contributed by atoms with Crippen LogP contribution in [0.2, 0.25) is 0 Å². The van der Waals surface area contributed by atoms with Crippen LogP contribution in [0.1, 0.15) is 58.3 Å². The maximum atomic E-state index is 13.2. The first-order valence-corrected chi connectivity index (χ1v) is 12.6. The summed E-state index contributed by atoms with van der Waals surface area (Å²) in [7, 11) is 0. The highest BCUT2D eigenvalue weighted by atomic mass is 16.5. The first-order valence-electron chi connectivity index (χ1n) is 12.6. The van der Waals surface area contributed by atoms with Crippen LogP contribution in [0.5, 0.6) is 11.5 Å². The van der Waals surface area contributed by atoms with E-state index in [9.17, 15) is 4.79 Å². The molecule has 198 valence electrons. The third-order valence-corrected chi connectivity index (χ3v) is 6.63. The molecule has 0 radical (unpaired) electrons. The van der Waals surface area contributed by atoms with Gasteiger partial charge < -0.3 is 32.0 Å². The van der Waals surface area contributed by atoms with Gasteiger partial charge in [-0.25, -0.2) is 0 Å². The summed E-state index contributed by atoms with van der Waals surface area (Å²) in [5, 5.41) is 18.2. The fourth-order valence-corrected chi connectivity index (χ4v) is 4.31. The number of rotatable bonds is 10. The molecule has 38 heavy (non-hydrogen) atoms. The number of nitrogens with two attached hydrogens (primary N) is 3. The molecule has 0 aromatic heterocycles. The first kappa shape index (κ1) is 26.7. The first-order chi connectivity index (χ1) is 18.3. The van der Waals surface area contributed by atoms with E-state index in [4.69, 9.17) is 37.5 Å². The highest BCUT2D eigenvalue weighted by Crippen LogP contribution is 2.28. The molecule has 1 aliphatic rings. The molecule has 0 saturated heterocycles. The molecule has 1 saturated carbocycles. The molecule has 9 N–H and O–H groups in total. The van der Waals surface area contributed by atoms with Gasteiger partial charge in [0.2, 0.25) is 0 Å². The molecule has 9 heteroatoms. The van der Waals surface area contributed by atoms with Crippen LogP contribution in [0, 0.1) is 10.8 Å². The van der Waals surface area contributed by atoms with Crippen LogP contribution in [0.4, 0.5) is 0 Å². The second-order valence-corrected chi connectivity index (χ2v) is 9.54. The second-order valence-electron chi connectivity index (χ2n) is 9.54. The third kappa shape index (κ3) is 7.10. The monoisotopic (exact) mass is 514 g/mol. The summed E-state index contributed by atoms with van der Waals surface area (Å²) < 4.78 is 12.1. The lowest BCUT2D eigenvalue weighted by atomic mass is 9.91. The number of nitrogens with one attached hydrogen (secondary N) is 3. The Balaban J connectivity index is 1.49. The van der Waals surface area contributed by atoms with Crippen molar-refractivity contribution in [3.05, 3.63) is 94.5 Å². The molecule has 0 spiro atoms. The Labute approximate surface area is 222 Å². The molecule has 9 nitrogen and oxygen atoms in total. The quantitative estimate of drug-likeness (QED) is 0.179. The minimum Gasteiger partial charge on any atom is -0.489 e. The largest absolute Gasteiger partial charge is 0.489 e. The Kier molecular flexibility index (Phi) is 8.60. The fourth-order valence-electron chi connectivity index (χ4n) is 4.31. The lowest BCUT2D eigenvalue weighted by Crippen LogP contribution is -2.40. The number of hydrogen-bond acceptors (Lipinski definition) is 6. The molecule has 0 bridgehead atoms. The number of amidine groups is 2. The second kappa shape index (κ2) is 12.2. The Hall–Kier alpha value is -4.37. The van der Waals surface area contributed by atoms with Gasteiger partial charge in [0.1, 0.15) is 36.4 Å². The summed E-state index contributed by atoms with van der Waals surface area (Å²) in [5.74, 6) is 0.789. The molecular formula is C29H34N6O3. The number of benzene rings is 3. The molecule has 0 unspecified atom stereocenters. The molecule has 0 aliphatic heterocycles. The van der Waals surface area contributed by atoms with Gasteiger partial charge in [-0.15, -0.1) is 0 Å². The zero-order valence-corrected chi connectivity index (χ0v) is 21.2. The predicted octanol–water partition coefficient (Wildman–Crippen LogP) is 3.41. The van der Waals surface area contributed by atoms with Gasteiger partial charge in [0.25, 0.3) is 5.91 Å². The fraction of sp³-hybridized carbons (Fsp3) is 0.276. The van der Waals surface area contributed by atoms with E-state index in [0.29, 0.717) is 34.8 Å². The van der Waals surface area contributed by atoms with Crippen molar-refractivity contribution < 1.29 is 14.3 Å². The van der Waals surface area contributed by atoms with Gasteiger partial charge in [-0.05, 0) is 48.9 Å². The van der Waals surface area contributed by atoms with Gasteiger partial charge in [0.15, 0.2) is 0 Å². The lowest BCUT2D eigenvalue weighted by Gasteiger charge is -2.27. The molecule has 4 rings (SSSR count). The SMILES string of the molecule is N=C(N)c1ccc(COc2ccc(C(=O)NC3CCC(N)CC3)c(OCc3ccc(C(=N)N)cc3)c2)cc1. The Morgan fingerprint density at radius 1 is 0.789 bits per heavy atom. The van der Waals surface area contributed by atoms with Crippen LogP contribution in [0.3, 0.4) is 0 Å². The van der Waals surface area contributed by atoms with Crippen LogP contribution >= 0.6 is 0 Å². The van der Waals surface area contributed by atoms with E-state index in [1.165, 1.54) is 0 Å². The number of carbonyl (C=O) groups is 1. The van der Waals surface area contributed by atoms with Gasteiger partial charge in [0, 0.05) is 29.3 Å². The van der Waals surface area contributed by atoms with Gasteiger partial charge in [-0.2, -0.15) is 0 Å². The lowest BCUT2D eigenvalue weighted by molar-refractivity contribution is 0.0921. The van der Waals surface area contributed by atoms with Gasteiger partial charge in [-0.3, -0.25) is 15.6 Å². The summed E-state index contributed by atoms with van der Waals surface area (Å²) in [5.41, 5.74) is 20.6. The number of carbonyl (C=O) groups excluding carboxylic acids is 1. The number of nitrogen functional groups attached to an aromatic ring is 2. The van der Waals surface area contributed by atoms with Crippen molar-refractivity contribution in [3.8, 4) is 11.5 Å². The number of ether oxygens (including phenoxy) is 2. The van der Waals surface area contributed by atoms with Crippen molar-refractivity contribution in [2.75, 3.05) is 0 Å². The van der Waals surface area contributed by atoms with Crippen LogP contribution in [-0.2, 0) is 13.2 Å². The maximum absolute atomic E-state index is 13.2. The van der Waals surface area contributed by atoms with Crippen molar-refractivity contribution in [1.82, 2.24) is 5.32 Å². The van der Waals surface area contributed by atoms with E-state index in [0.717, 1.165) is 36.8 Å². The molecule has 0 heterocycles. The highest BCUT2D eigenvalue weighted by molar-refractivity contribution is 5.97. The Morgan fingerprint density at radius 2 is 1.32 bits per heavy atom.